The van der Waals surface area contributed by atoms with E-state index in [4.69, 9.17) is 11.6 Å². The lowest BCUT2D eigenvalue weighted by atomic mass is 10.2. The monoisotopic (exact) mass is 263 g/mol. The van der Waals surface area contributed by atoms with Crippen molar-refractivity contribution in [3.63, 3.8) is 0 Å². The Balaban J connectivity index is 2.12. The van der Waals surface area contributed by atoms with Crippen LogP contribution in [0, 0.1) is 6.92 Å². The zero-order valence-corrected chi connectivity index (χ0v) is 10.3. The summed E-state index contributed by atoms with van der Waals surface area (Å²) < 4.78 is 0. The van der Waals surface area contributed by atoms with E-state index in [-0.39, 0.29) is 0 Å². The molecule has 0 aliphatic carbocycles. The van der Waals surface area contributed by atoms with Crippen molar-refractivity contribution >= 4 is 23.6 Å². The molecule has 0 radical (unpaired) electrons. The Kier molecular flexibility index (Phi) is 3.69. The van der Waals surface area contributed by atoms with Crippen LogP contribution in [0.3, 0.4) is 0 Å². The maximum Gasteiger partial charge on any atom is 0.363 e. The van der Waals surface area contributed by atoms with Gasteiger partial charge in [0.1, 0.15) is 5.69 Å². The summed E-state index contributed by atoms with van der Waals surface area (Å²) in [4.78, 5) is 14.7. The number of rotatable bonds is 3. The van der Waals surface area contributed by atoms with Crippen molar-refractivity contribution in [1.82, 2.24) is 15.2 Å². The van der Waals surface area contributed by atoms with Gasteiger partial charge in [0.15, 0.2) is 5.82 Å². The molecule has 0 aliphatic heterocycles. The summed E-state index contributed by atoms with van der Waals surface area (Å²) in [5, 5.41) is 10.6. The zero-order valence-electron chi connectivity index (χ0n) is 9.51. The summed E-state index contributed by atoms with van der Waals surface area (Å²) in [5.74, 6) is 0.317. The predicted molar refractivity (Wildman–Crippen MR) is 70.1 cm³/mol. The Morgan fingerprint density at radius 2 is 2.33 bits per heavy atom. The molecule has 2 aromatic rings. The van der Waals surface area contributed by atoms with Crippen LogP contribution in [-0.2, 0) is 0 Å². The third kappa shape index (κ3) is 3.14. The number of benzene rings is 1. The normalized spacial score (nSPS) is 10.8. The van der Waals surface area contributed by atoms with E-state index in [1.54, 1.807) is 25.3 Å². The lowest BCUT2D eigenvalue weighted by Crippen LogP contribution is -2.15. The van der Waals surface area contributed by atoms with Crippen LogP contribution in [0.4, 0.5) is 5.82 Å². The molecule has 0 saturated heterocycles. The summed E-state index contributed by atoms with van der Waals surface area (Å²) in [6.45, 7) is 1.71. The number of halogens is 1. The van der Waals surface area contributed by atoms with Crippen LogP contribution in [0.1, 0.15) is 11.3 Å². The summed E-state index contributed by atoms with van der Waals surface area (Å²) in [6, 6.07) is 7.22. The Labute approximate surface area is 108 Å². The highest BCUT2D eigenvalue weighted by atomic mass is 35.5. The van der Waals surface area contributed by atoms with Crippen LogP contribution < -0.4 is 11.1 Å². The number of nitrogens with zero attached hydrogens (tertiary/aromatic N) is 3. The minimum atomic E-state index is -0.527. The molecule has 0 fully saturated rings. The number of hydrogen-bond donors (Lipinski definition) is 2. The van der Waals surface area contributed by atoms with E-state index in [1.807, 2.05) is 12.1 Å². The molecule has 0 unspecified atom stereocenters. The van der Waals surface area contributed by atoms with Gasteiger partial charge in [0.05, 0.1) is 6.21 Å². The smallest absolute Gasteiger partial charge is 0.260 e. The van der Waals surface area contributed by atoms with Gasteiger partial charge < -0.3 is 0 Å². The zero-order chi connectivity index (χ0) is 13.0. The van der Waals surface area contributed by atoms with Crippen molar-refractivity contribution < 1.29 is 0 Å². The number of anilines is 1. The van der Waals surface area contributed by atoms with Crippen molar-refractivity contribution in [2.45, 2.75) is 6.92 Å². The molecule has 0 bridgehead atoms. The average molecular weight is 264 g/mol. The highest BCUT2D eigenvalue weighted by molar-refractivity contribution is 6.30. The Bertz CT molecular complexity index is 637. The van der Waals surface area contributed by atoms with Gasteiger partial charge in [-0.15, -0.1) is 0 Å². The molecule has 0 atom stereocenters. The first kappa shape index (κ1) is 12.3. The van der Waals surface area contributed by atoms with Gasteiger partial charge in [0.25, 0.3) is 0 Å². The van der Waals surface area contributed by atoms with Crippen LogP contribution in [0.2, 0.25) is 5.02 Å². The van der Waals surface area contributed by atoms with Crippen LogP contribution >= 0.6 is 11.6 Å². The number of aryl methyl sites for hydroxylation is 1. The van der Waals surface area contributed by atoms with Crippen molar-refractivity contribution in [3.05, 3.63) is 51.0 Å². The van der Waals surface area contributed by atoms with Crippen molar-refractivity contribution in [3.8, 4) is 0 Å². The molecule has 2 N–H and O–H groups in total. The SMILES string of the molecule is Cc1n[nH]c(=O)nc1NN=Cc1cccc(Cl)c1. The molecule has 6 nitrogen and oxygen atoms in total. The fraction of sp³-hybridized carbons (Fsp3) is 0.0909. The van der Waals surface area contributed by atoms with E-state index in [9.17, 15) is 4.79 Å². The van der Waals surface area contributed by atoms with E-state index < -0.39 is 5.69 Å². The van der Waals surface area contributed by atoms with E-state index in [0.717, 1.165) is 5.56 Å². The largest absolute Gasteiger partial charge is 0.363 e. The molecule has 92 valence electrons. The molecule has 0 saturated carbocycles. The maximum atomic E-state index is 11.0. The second-order valence-corrected chi connectivity index (χ2v) is 3.94. The summed E-state index contributed by atoms with van der Waals surface area (Å²) in [7, 11) is 0. The van der Waals surface area contributed by atoms with E-state index in [1.165, 1.54) is 0 Å². The van der Waals surface area contributed by atoms with Gasteiger partial charge >= 0.3 is 5.69 Å². The first-order valence-electron chi connectivity index (χ1n) is 5.13. The Morgan fingerprint density at radius 1 is 1.50 bits per heavy atom. The molecule has 2 rings (SSSR count). The number of aromatic amines is 1. The standard InChI is InChI=1S/C11H10ClN5O/c1-7-10(14-11(18)17-15-7)16-13-6-8-3-2-4-9(12)5-8/h2-6H,1H3,(H2,14,16,17,18). The molecule has 18 heavy (non-hydrogen) atoms. The molecule has 0 aliphatic rings. The molecule has 1 aromatic carbocycles. The van der Waals surface area contributed by atoms with Crippen LogP contribution in [0.25, 0.3) is 0 Å². The minimum Gasteiger partial charge on any atom is -0.260 e. The first-order chi connectivity index (χ1) is 8.65. The van der Waals surface area contributed by atoms with E-state index in [0.29, 0.717) is 16.5 Å². The molecule has 1 aromatic heterocycles. The van der Waals surface area contributed by atoms with Crippen LogP contribution in [0.15, 0.2) is 34.2 Å². The third-order valence-corrected chi connectivity index (χ3v) is 2.34. The number of H-pyrrole nitrogens is 1. The van der Waals surface area contributed by atoms with Gasteiger partial charge in [-0.1, -0.05) is 23.7 Å². The predicted octanol–water partition coefficient (Wildman–Crippen LogP) is 1.57. The van der Waals surface area contributed by atoms with Crippen LogP contribution in [-0.4, -0.2) is 21.4 Å². The summed E-state index contributed by atoms with van der Waals surface area (Å²) >= 11 is 5.84. The number of hydrazone groups is 1. The lowest BCUT2D eigenvalue weighted by molar-refractivity contribution is 0.879. The molecular formula is C11H10ClN5O. The fourth-order valence-electron chi connectivity index (χ4n) is 1.25. The molecular weight excluding hydrogens is 254 g/mol. The van der Waals surface area contributed by atoms with E-state index in [2.05, 4.69) is 25.7 Å². The Morgan fingerprint density at radius 3 is 3.11 bits per heavy atom. The fourth-order valence-corrected chi connectivity index (χ4v) is 1.45. The summed E-state index contributed by atoms with van der Waals surface area (Å²) in [6.07, 6.45) is 1.58. The lowest BCUT2D eigenvalue weighted by Gasteiger charge is -2.00. The van der Waals surface area contributed by atoms with Gasteiger partial charge in [0.2, 0.25) is 0 Å². The van der Waals surface area contributed by atoms with Gasteiger partial charge in [-0.25, -0.2) is 9.89 Å². The first-order valence-corrected chi connectivity index (χ1v) is 5.51. The van der Waals surface area contributed by atoms with Gasteiger partial charge in [-0.2, -0.15) is 15.2 Å². The quantitative estimate of drug-likeness (QED) is 0.650. The van der Waals surface area contributed by atoms with Crippen molar-refractivity contribution in [1.29, 1.82) is 0 Å². The molecule has 7 heteroatoms. The second-order valence-electron chi connectivity index (χ2n) is 3.50. The number of aromatic nitrogens is 3. The van der Waals surface area contributed by atoms with Crippen molar-refractivity contribution in [2.24, 2.45) is 5.10 Å². The summed E-state index contributed by atoms with van der Waals surface area (Å²) in [5.41, 5.74) is 3.52. The van der Waals surface area contributed by atoms with E-state index >= 15 is 0 Å². The average Bonchev–Trinajstić information content (AvgIpc) is 2.34. The van der Waals surface area contributed by atoms with Gasteiger partial charge in [-0.3, -0.25) is 5.43 Å². The maximum absolute atomic E-state index is 11.0. The topological polar surface area (TPSA) is 83.0 Å². The second kappa shape index (κ2) is 5.42. The van der Waals surface area contributed by atoms with Gasteiger partial charge in [0, 0.05) is 5.02 Å². The molecule has 0 amide bonds. The van der Waals surface area contributed by atoms with Crippen LogP contribution in [0.5, 0.6) is 0 Å². The number of hydrogen-bond acceptors (Lipinski definition) is 5. The minimum absolute atomic E-state index is 0.317. The highest BCUT2D eigenvalue weighted by Crippen LogP contribution is 2.09. The van der Waals surface area contributed by atoms with Crippen molar-refractivity contribution in [2.75, 3.05) is 5.43 Å². The molecule has 1 heterocycles. The Hall–Kier alpha value is -2.21. The third-order valence-electron chi connectivity index (χ3n) is 2.11. The molecule has 0 spiro atoms. The van der Waals surface area contributed by atoms with Gasteiger partial charge in [-0.05, 0) is 24.6 Å². The number of nitrogens with one attached hydrogen (secondary N) is 2. The highest BCUT2D eigenvalue weighted by Gasteiger charge is 1.99.